The maximum absolute atomic E-state index is 13.0. The Morgan fingerprint density at radius 2 is 1.56 bits per heavy atom. The van der Waals surface area contributed by atoms with E-state index >= 15 is 0 Å². The lowest BCUT2D eigenvalue weighted by Crippen LogP contribution is -2.31. The average molecular weight is 461 g/mol. The van der Waals surface area contributed by atoms with Gasteiger partial charge >= 0.3 is 0 Å². The van der Waals surface area contributed by atoms with Gasteiger partial charge in [-0.2, -0.15) is 0 Å². The highest BCUT2D eigenvalue weighted by molar-refractivity contribution is 7.92. The fourth-order valence-corrected chi connectivity index (χ4v) is 4.09. The molecule has 0 aliphatic carbocycles. The van der Waals surface area contributed by atoms with Crippen LogP contribution in [-0.2, 0) is 14.8 Å². The molecule has 0 saturated heterocycles. The molecule has 0 saturated carbocycles. The zero-order valence-electron chi connectivity index (χ0n) is 17.4. The van der Waals surface area contributed by atoms with Crippen molar-refractivity contribution in [3.8, 4) is 5.75 Å². The summed E-state index contributed by atoms with van der Waals surface area (Å²) >= 11 is 0. The van der Waals surface area contributed by atoms with Crippen LogP contribution in [0.5, 0.6) is 5.75 Å². The monoisotopic (exact) mass is 460 g/mol. The van der Waals surface area contributed by atoms with Crippen LogP contribution in [0, 0.1) is 18.6 Å². The number of hydrogen-bond acceptors (Lipinski definition) is 4. The number of ether oxygens (including phenoxy) is 1. The molecule has 0 radical (unpaired) electrons. The zero-order chi connectivity index (χ0) is 23.3. The van der Waals surface area contributed by atoms with E-state index < -0.39 is 15.8 Å². The molecule has 2 N–H and O–H groups in total. The van der Waals surface area contributed by atoms with Gasteiger partial charge in [-0.15, -0.1) is 0 Å². The standard InChI is InChI=1S/C23H22F2N2O4S/c1-15-13-21(32(29,30)27-20-9-7-19(25)8-10-20)11-12-22(15)31-14-23(28)26-16(2)17-3-5-18(24)6-4-17/h3-13,16,27H,14H2,1-2H3,(H,26,28)/t16-/m1/s1. The minimum Gasteiger partial charge on any atom is -0.484 e. The predicted octanol–water partition coefficient (Wildman–Crippen LogP) is 4.33. The van der Waals surface area contributed by atoms with Gasteiger partial charge in [-0.25, -0.2) is 17.2 Å². The van der Waals surface area contributed by atoms with E-state index in [1.54, 1.807) is 26.0 Å². The Balaban J connectivity index is 1.60. The summed E-state index contributed by atoms with van der Waals surface area (Å²) in [5, 5.41) is 2.75. The Bertz CT molecular complexity index is 1200. The highest BCUT2D eigenvalue weighted by Crippen LogP contribution is 2.24. The van der Waals surface area contributed by atoms with Crippen molar-refractivity contribution in [2.75, 3.05) is 11.3 Å². The van der Waals surface area contributed by atoms with Gasteiger partial charge in [-0.1, -0.05) is 12.1 Å². The molecule has 3 aromatic carbocycles. The van der Waals surface area contributed by atoms with Gasteiger partial charge in [0.15, 0.2) is 6.61 Å². The molecule has 1 atom stereocenters. The molecular weight excluding hydrogens is 438 g/mol. The van der Waals surface area contributed by atoms with Crippen LogP contribution in [0.4, 0.5) is 14.5 Å². The van der Waals surface area contributed by atoms with Gasteiger partial charge in [0.2, 0.25) is 0 Å². The Kier molecular flexibility index (Phi) is 7.09. The van der Waals surface area contributed by atoms with E-state index in [1.165, 1.54) is 42.5 Å². The summed E-state index contributed by atoms with van der Waals surface area (Å²) in [6, 6.07) is 14.7. The molecule has 1 amide bonds. The topological polar surface area (TPSA) is 84.5 Å². The molecule has 0 aliphatic heterocycles. The highest BCUT2D eigenvalue weighted by Gasteiger charge is 2.17. The number of anilines is 1. The van der Waals surface area contributed by atoms with E-state index in [1.807, 2.05) is 0 Å². The van der Waals surface area contributed by atoms with Crippen LogP contribution in [0.1, 0.15) is 24.1 Å². The van der Waals surface area contributed by atoms with Crippen molar-refractivity contribution in [2.24, 2.45) is 0 Å². The molecule has 3 rings (SSSR count). The van der Waals surface area contributed by atoms with Crippen molar-refractivity contribution in [2.45, 2.75) is 24.8 Å². The molecular formula is C23H22F2N2O4S. The highest BCUT2D eigenvalue weighted by atomic mass is 32.2. The quantitative estimate of drug-likeness (QED) is 0.524. The molecule has 168 valence electrons. The first-order valence-electron chi connectivity index (χ1n) is 9.71. The number of sulfonamides is 1. The fraction of sp³-hybridized carbons (Fsp3) is 0.174. The first-order valence-corrected chi connectivity index (χ1v) is 11.2. The van der Waals surface area contributed by atoms with Crippen LogP contribution >= 0.6 is 0 Å². The van der Waals surface area contributed by atoms with Gasteiger partial charge in [-0.05, 0) is 79.6 Å². The summed E-state index contributed by atoms with van der Waals surface area (Å²) in [6.07, 6.45) is 0. The molecule has 9 heteroatoms. The Morgan fingerprint density at radius 3 is 2.16 bits per heavy atom. The van der Waals surface area contributed by atoms with Crippen molar-refractivity contribution in [3.05, 3.63) is 89.5 Å². The first-order chi connectivity index (χ1) is 15.1. The molecule has 0 unspecified atom stereocenters. The second kappa shape index (κ2) is 9.78. The maximum atomic E-state index is 13.0. The van der Waals surface area contributed by atoms with E-state index in [0.29, 0.717) is 11.3 Å². The number of rotatable bonds is 8. The van der Waals surface area contributed by atoms with Crippen molar-refractivity contribution in [1.82, 2.24) is 5.32 Å². The Labute approximate surface area is 185 Å². The molecule has 0 spiro atoms. The minimum atomic E-state index is -3.88. The predicted molar refractivity (Wildman–Crippen MR) is 117 cm³/mol. The molecule has 6 nitrogen and oxygen atoms in total. The van der Waals surface area contributed by atoms with Crippen LogP contribution in [0.15, 0.2) is 71.6 Å². The summed E-state index contributed by atoms with van der Waals surface area (Å²) in [5.74, 6) is -0.850. The number of nitrogens with one attached hydrogen (secondary N) is 2. The molecule has 0 heterocycles. The molecule has 32 heavy (non-hydrogen) atoms. The van der Waals surface area contributed by atoms with Crippen LogP contribution in [0.2, 0.25) is 0 Å². The summed E-state index contributed by atoms with van der Waals surface area (Å²) in [7, 11) is -3.88. The largest absolute Gasteiger partial charge is 0.484 e. The van der Waals surface area contributed by atoms with Crippen LogP contribution in [-0.4, -0.2) is 20.9 Å². The van der Waals surface area contributed by atoms with Crippen LogP contribution in [0.3, 0.4) is 0 Å². The van der Waals surface area contributed by atoms with E-state index in [2.05, 4.69) is 10.0 Å². The molecule has 0 aromatic heterocycles. The third-order valence-corrected chi connectivity index (χ3v) is 6.04. The van der Waals surface area contributed by atoms with Gasteiger partial charge in [0.05, 0.1) is 10.9 Å². The third-order valence-electron chi connectivity index (χ3n) is 4.66. The molecule has 3 aromatic rings. The van der Waals surface area contributed by atoms with Crippen LogP contribution < -0.4 is 14.8 Å². The number of aryl methyl sites for hydroxylation is 1. The number of carbonyl (C=O) groups is 1. The fourth-order valence-electron chi connectivity index (χ4n) is 2.94. The second-order valence-electron chi connectivity index (χ2n) is 7.17. The van der Waals surface area contributed by atoms with Gasteiger partial charge in [-0.3, -0.25) is 9.52 Å². The Hall–Kier alpha value is -3.46. The normalized spacial score (nSPS) is 12.1. The second-order valence-corrected chi connectivity index (χ2v) is 8.85. The maximum Gasteiger partial charge on any atom is 0.261 e. The minimum absolute atomic E-state index is 0.000980. The van der Waals surface area contributed by atoms with Gasteiger partial charge in [0, 0.05) is 5.69 Å². The lowest BCUT2D eigenvalue weighted by molar-refractivity contribution is -0.123. The number of benzene rings is 3. The van der Waals surface area contributed by atoms with Crippen molar-refractivity contribution < 1.29 is 26.7 Å². The number of amides is 1. The van der Waals surface area contributed by atoms with Crippen molar-refractivity contribution >= 4 is 21.6 Å². The smallest absolute Gasteiger partial charge is 0.261 e. The van der Waals surface area contributed by atoms with Gasteiger partial charge in [0.1, 0.15) is 17.4 Å². The average Bonchev–Trinajstić information content (AvgIpc) is 2.74. The summed E-state index contributed by atoms with van der Waals surface area (Å²) < 4.78 is 59.0. The first kappa shape index (κ1) is 23.2. The number of carbonyl (C=O) groups excluding carboxylic acids is 1. The number of hydrogen-bond donors (Lipinski definition) is 2. The summed E-state index contributed by atoms with van der Waals surface area (Å²) in [6.45, 7) is 3.15. The molecule has 0 bridgehead atoms. The van der Waals surface area contributed by atoms with Crippen molar-refractivity contribution in [1.29, 1.82) is 0 Å². The lowest BCUT2D eigenvalue weighted by Gasteiger charge is -2.16. The van der Waals surface area contributed by atoms with Gasteiger partial charge < -0.3 is 10.1 Å². The molecule has 0 aliphatic rings. The van der Waals surface area contributed by atoms with Crippen molar-refractivity contribution in [3.63, 3.8) is 0 Å². The summed E-state index contributed by atoms with van der Waals surface area (Å²) in [5.41, 5.74) is 1.50. The van der Waals surface area contributed by atoms with Crippen LogP contribution in [0.25, 0.3) is 0 Å². The third kappa shape index (κ3) is 6.04. The lowest BCUT2D eigenvalue weighted by atomic mass is 10.1. The summed E-state index contributed by atoms with van der Waals surface area (Å²) in [4.78, 5) is 12.2. The van der Waals surface area contributed by atoms with E-state index in [9.17, 15) is 22.0 Å². The Morgan fingerprint density at radius 1 is 0.969 bits per heavy atom. The molecule has 0 fully saturated rings. The zero-order valence-corrected chi connectivity index (χ0v) is 18.2. The SMILES string of the molecule is Cc1cc(S(=O)(=O)Nc2ccc(F)cc2)ccc1OCC(=O)N[C@H](C)c1ccc(F)cc1. The number of halogens is 2. The van der Waals surface area contributed by atoms with E-state index in [0.717, 1.165) is 17.7 Å². The van der Waals surface area contributed by atoms with Gasteiger partial charge in [0.25, 0.3) is 15.9 Å². The van der Waals surface area contributed by atoms with E-state index in [4.69, 9.17) is 4.74 Å². The van der Waals surface area contributed by atoms with E-state index in [-0.39, 0.29) is 35.0 Å².